The summed E-state index contributed by atoms with van der Waals surface area (Å²) in [7, 11) is 2.70. The van der Waals surface area contributed by atoms with Crippen LogP contribution in [0.2, 0.25) is 0 Å². The maximum Gasteiger partial charge on any atom is 0.337 e. The highest BCUT2D eigenvalue weighted by molar-refractivity contribution is 9.10. The van der Waals surface area contributed by atoms with E-state index in [1.165, 1.54) is 20.4 Å². The van der Waals surface area contributed by atoms with Crippen molar-refractivity contribution >= 4 is 56.0 Å². The largest absolute Gasteiger partial charge is 0.493 e. The second kappa shape index (κ2) is 14.7. The highest BCUT2D eigenvalue weighted by Gasteiger charge is 2.32. The molecular weight excluding hydrogens is 688 g/mol. The van der Waals surface area contributed by atoms with Crippen molar-refractivity contribution in [2.45, 2.75) is 19.6 Å². The van der Waals surface area contributed by atoms with E-state index < -0.39 is 23.9 Å². The third kappa shape index (κ3) is 8.36. The Morgan fingerprint density at radius 3 is 2.42 bits per heavy atom. The smallest absolute Gasteiger partial charge is 0.337 e. The van der Waals surface area contributed by atoms with Crippen molar-refractivity contribution in [3.05, 3.63) is 97.6 Å². The summed E-state index contributed by atoms with van der Waals surface area (Å²) < 4.78 is 23.6. The minimum atomic E-state index is -0.769. The number of methoxy groups -OCH3 is 2. The molecule has 1 heterocycles. The number of hydrogen-bond donors (Lipinski definition) is 3. The fraction of sp³-hybridized carbons (Fsp3) is 0.200. The van der Waals surface area contributed by atoms with E-state index in [0.717, 1.165) is 20.1 Å². The summed E-state index contributed by atoms with van der Waals surface area (Å²) in [5, 5.41) is 9.27. The maximum absolute atomic E-state index is 12.4. The molecule has 0 aromatic heterocycles. The molecule has 3 N–H and O–H groups in total. The number of carbonyl (C=O) groups excluding carboxylic acids is 3. The number of nitrogens with zero attached hydrogens (tertiary/aromatic N) is 1. The van der Waals surface area contributed by atoms with E-state index in [1.54, 1.807) is 25.1 Å². The zero-order valence-electron chi connectivity index (χ0n) is 23.4. The van der Waals surface area contributed by atoms with E-state index in [2.05, 4.69) is 53.0 Å². The van der Waals surface area contributed by atoms with Gasteiger partial charge in [0, 0.05) is 10.2 Å². The predicted octanol–water partition coefficient (Wildman–Crippen LogP) is 5.13. The Bertz CT molecular complexity index is 1580. The quantitative estimate of drug-likeness (QED) is 0.142. The Morgan fingerprint density at radius 1 is 0.977 bits per heavy atom. The van der Waals surface area contributed by atoms with Gasteiger partial charge < -0.3 is 29.6 Å². The van der Waals surface area contributed by atoms with Gasteiger partial charge in [-0.25, -0.2) is 15.0 Å². The van der Waals surface area contributed by atoms with Gasteiger partial charge in [0.1, 0.15) is 12.4 Å². The summed E-state index contributed by atoms with van der Waals surface area (Å²) >= 11 is 6.92. The first-order chi connectivity index (χ1) is 20.7. The number of urea groups is 1. The van der Waals surface area contributed by atoms with Crippen LogP contribution in [0.15, 0.2) is 86.0 Å². The molecule has 1 atom stereocenters. The summed E-state index contributed by atoms with van der Waals surface area (Å²) in [4.78, 5) is 36.8. The SMILES string of the molecule is COC(=O)C1=C(C)NC(=O)N[C@H]1c1ccc(OCC(=O)N/N=C\c2ccc(OCc3ccc(Br)cc3)c(Br)c2)c(OC)c1. The molecule has 0 saturated carbocycles. The fourth-order valence-electron chi connectivity index (χ4n) is 4.12. The number of ether oxygens (including phenoxy) is 4. The lowest BCUT2D eigenvalue weighted by Gasteiger charge is -2.28. The van der Waals surface area contributed by atoms with Gasteiger partial charge >= 0.3 is 12.0 Å². The summed E-state index contributed by atoms with van der Waals surface area (Å²) in [6.07, 6.45) is 1.50. The van der Waals surface area contributed by atoms with Crippen LogP contribution in [0, 0.1) is 0 Å². The molecule has 0 radical (unpaired) electrons. The molecule has 1 aliphatic heterocycles. The lowest BCUT2D eigenvalue weighted by atomic mass is 9.95. The molecule has 0 fully saturated rings. The Balaban J connectivity index is 1.32. The summed E-state index contributed by atoms with van der Waals surface area (Å²) in [5.74, 6) is 0.185. The van der Waals surface area contributed by atoms with E-state index in [4.69, 9.17) is 18.9 Å². The van der Waals surface area contributed by atoms with Crippen LogP contribution in [-0.4, -0.2) is 44.9 Å². The van der Waals surface area contributed by atoms with Crippen molar-refractivity contribution in [2.24, 2.45) is 5.10 Å². The van der Waals surface area contributed by atoms with Gasteiger partial charge in [0.2, 0.25) is 0 Å². The zero-order chi connectivity index (χ0) is 30.9. The van der Waals surface area contributed by atoms with E-state index in [9.17, 15) is 14.4 Å². The van der Waals surface area contributed by atoms with Crippen LogP contribution in [0.5, 0.6) is 17.2 Å². The molecule has 1 aliphatic rings. The molecule has 13 heteroatoms. The molecular formula is C30H28Br2N4O7. The van der Waals surface area contributed by atoms with Crippen LogP contribution in [0.1, 0.15) is 29.7 Å². The van der Waals surface area contributed by atoms with Gasteiger partial charge in [-0.3, -0.25) is 4.79 Å². The first-order valence-corrected chi connectivity index (χ1v) is 14.4. The average Bonchev–Trinajstić information content (AvgIpc) is 2.99. The third-order valence-electron chi connectivity index (χ3n) is 6.22. The summed E-state index contributed by atoms with van der Waals surface area (Å²) in [6.45, 7) is 1.70. The molecule has 0 bridgehead atoms. The maximum atomic E-state index is 12.4. The molecule has 0 unspecified atom stereocenters. The van der Waals surface area contributed by atoms with Crippen LogP contribution in [0.25, 0.3) is 0 Å². The first kappa shape index (κ1) is 31.6. The van der Waals surface area contributed by atoms with Crippen molar-refractivity contribution in [1.82, 2.24) is 16.1 Å². The second-order valence-electron chi connectivity index (χ2n) is 9.16. The highest BCUT2D eigenvalue weighted by atomic mass is 79.9. The van der Waals surface area contributed by atoms with Gasteiger partial charge in [0.05, 0.1) is 36.5 Å². The number of esters is 1. The van der Waals surface area contributed by atoms with Crippen LogP contribution in [0.4, 0.5) is 4.79 Å². The van der Waals surface area contributed by atoms with Crippen molar-refractivity contribution in [1.29, 1.82) is 0 Å². The normalized spacial score (nSPS) is 14.5. The van der Waals surface area contributed by atoms with Crippen LogP contribution >= 0.6 is 31.9 Å². The number of rotatable bonds is 11. The Labute approximate surface area is 264 Å². The van der Waals surface area contributed by atoms with E-state index in [0.29, 0.717) is 29.4 Å². The fourth-order valence-corrected chi connectivity index (χ4v) is 4.89. The van der Waals surface area contributed by atoms with Gasteiger partial charge in [-0.05, 0) is 82.0 Å². The Kier molecular flexibility index (Phi) is 10.8. The van der Waals surface area contributed by atoms with Gasteiger partial charge in [-0.2, -0.15) is 5.10 Å². The van der Waals surface area contributed by atoms with Gasteiger partial charge in [0.15, 0.2) is 18.1 Å². The number of nitrogens with one attached hydrogen (secondary N) is 3. The standard InChI is InChI=1S/C30H28Br2N4O7/c1-17-27(29(38)41-3)28(35-30(39)34-17)20-7-11-24(25(13-20)40-2)43-16-26(37)36-33-14-19-6-10-23(22(32)12-19)42-15-18-4-8-21(31)9-5-18/h4-14,28H,15-16H2,1-3H3,(H,36,37)(H2,34,35,39)/b33-14-/t28-/m0/s1. The van der Waals surface area contributed by atoms with Gasteiger partial charge in [0.25, 0.3) is 5.91 Å². The lowest BCUT2D eigenvalue weighted by Crippen LogP contribution is -2.45. The number of hydrazone groups is 1. The van der Waals surface area contributed by atoms with Crippen molar-refractivity contribution in [3.8, 4) is 17.2 Å². The van der Waals surface area contributed by atoms with Crippen molar-refractivity contribution in [3.63, 3.8) is 0 Å². The molecule has 43 heavy (non-hydrogen) atoms. The van der Waals surface area contributed by atoms with Crippen LogP contribution in [-0.2, 0) is 20.9 Å². The molecule has 224 valence electrons. The molecule has 0 spiro atoms. The Hall–Kier alpha value is -4.36. The molecule has 3 aromatic carbocycles. The number of amides is 3. The molecule has 11 nitrogen and oxygen atoms in total. The highest BCUT2D eigenvalue weighted by Crippen LogP contribution is 2.34. The minimum absolute atomic E-state index is 0.255. The molecule has 3 amide bonds. The average molecular weight is 716 g/mol. The van der Waals surface area contributed by atoms with Crippen molar-refractivity contribution in [2.75, 3.05) is 20.8 Å². The molecule has 0 saturated heterocycles. The van der Waals surface area contributed by atoms with Crippen molar-refractivity contribution < 1.29 is 33.3 Å². The summed E-state index contributed by atoms with van der Waals surface area (Å²) in [5.41, 5.74) is 5.39. The topological polar surface area (TPSA) is 137 Å². The minimum Gasteiger partial charge on any atom is -0.493 e. The van der Waals surface area contributed by atoms with Crippen LogP contribution in [0.3, 0.4) is 0 Å². The molecule has 4 rings (SSSR count). The van der Waals surface area contributed by atoms with Gasteiger partial charge in [-0.1, -0.05) is 34.1 Å². The number of allylic oxidation sites excluding steroid dienone is 1. The lowest BCUT2D eigenvalue weighted by molar-refractivity contribution is -0.136. The third-order valence-corrected chi connectivity index (χ3v) is 7.37. The van der Waals surface area contributed by atoms with Crippen LogP contribution < -0.4 is 30.3 Å². The number of benzene rings is 3. The van der Waals surface area contributed by atoms with E-state index >= 15 is 0 Å². The van der Waals surface area contributed by atoms with Gasteiger partial charge in [-0.15, -0.1) is 0 Å². The second-order valence-corrected chi connectivity index (χ2v) is 10.9. The molecule has 3 aromatic rings. The summed E-state index contributed by atoms with van der Waals surface area (Å²) in [6, 6.07) is 16.9. The number of carbonyl (C=O) groups is 3. The number of halogens is 2. The molecule has 0 aliphatic carbocycles. The predicted molar refractivity (Wildman–Crippen MR) is 166 cm³/mol. The van der Waals surface area contributed by atoms with E-state index in [1.807, 2.05) is 42.5 Å². The monoisotopic (exact) mass is 714 g/mol. The first-order valence-electron chi connectivity index (χ1n) is 12.8. The van der Waals surface area contributed by atoms with E-state index in [-0.39, 0.29) is 17.9 Å². The zero-order valence-corrected chi connectivity index (χ0v) is 26.6. The Morgan fingerprint density at radius 2 is 1.72 bits per heavy atom. The number of hydrogen-bond acceptors (Lipinski definition) is 8.